The molecule has 1 saturated heterocycles. The second-order valence-electron chi connectivity index (χ2n) is 6.39. The van der Waals surface area contributed by atoms with Crippen molar-refractivity contribution < 1.29 is 4.79 Å². The molecule has 2 N–H and O–H groups in total. The van der Waals surface area contributed by atoms with E-state index in [2.05, 4.69) is 51.2 Å². The van der Waals surface area contributed by atoms with Gasteiger partial charge in [-0.05, 0) is 43.4 Å². The Kier molecular flexibility index (Phi) is 5.86. The Morgan fingerprint density at radius 3 is 2.42 bits per heavy atom. The topological polar surface area (TPSA) is 60.5 Å². The van der Waals surface area contributed by atoms with E-state index in [1.807, 2.05) is 18.2 Å². The maximum Gasteiger partial charge on any atom is 0.274 e. The van der Waals surface area contributed by atoms with Crippen molar-refractivity contribution in [3.63, 3.8) is 0 Å². The summed E-state index contributed by atoms with van der Waals surface area (Å²) in [4.78, 5) is 21.2. The third-order valence-corrected chi connectivity index (χ3v) is 4.44. The second-order valence-corrected chi connectivity index (χ2v) is 6.39. The van der Waals surface area contributed by atoms with E-state index in [1.165, 1.54) is 5.69 Å². The van der Waals surface area contributed by atoms with Gasteiger partial charge in [0.25, 0.3) is 5.91 Å². The van der Waals surface area contributed by atoms with Crippen molar-refractivity contribution in [3.8, 4) is 0 Å². The van der Waals surface area contributed by atoms with E-state index < -0.39 is 0 Å². The number of pyridine rings is 1. The number of carbonyl (C=O) groups excluding carboxylic acids is 1. The number of piperazine rings is 1. The summed E-state index contributed by atoms with van der Waals surface area (Å²) in [6, 6.07) is 11.5. The minimum Gasteiger partial charge on any atom is -0.380 e. The van der Waals surface area contributed by atoms with Gasteiger partial charge in [-0.15, -0.1) is 6.58 Å². The molecular weight excluding hydrogens is 326 g/mol. The van der Waals surface area contributed by atoms with Gasteiger partial charge >= 0.3 is 0 Å². The van der Waals surface area contributed by atoms with Crippen molar-refractivity contribution >= 4 is 23.0 Å². The summed E-state index contributed by atoms with van der Waals surface area (Å²) in [6.07, 6.45) is 3.42. The average Bonchev–Trinajstić information content (AvgIpc) is 2.68. The van der Waals surface area contributed by atoms with Crippen LogP contribution in [0, 0.1) is 0 Å². The Balaban J connectivity index is 1.58. The van der Waals surface area contributed by atoms with Crippen LogP contribution in [0.25, 0.3) is 0 Å². The number of anilines is 3. The number of rotatable bonds is 6. The van der Waals surface area contributed by atoms with E-state index in [0.29, 0.717) is 12.2 Å². The number of nitrogens with one attached hydrogen (secondary N) is 2. The fourth-order valence-corrected chi connectivity index (χ4v) is 2.84. The van der Waals surface area contributed by atoms with Crippen molar-refractivity contribution in [2.24, 2.45) is 0 Å². The molecule has 0 atom stereocenters. The Bertz CT molecular complexity index is 734. The monoisotopic (exact) mass is 351 g/mol. The van der Waals surface area contributed by atoms with Gasteiger partial charge in [-0.25, -0.2) is 4.98 Å². The number of hydrogen-bond donors (Lipinski definition) is 2. The molecule has 6 nitrogen and oxygen atoms in total. The summed E-state index contributed by atoms with van der Waals surface area (Å²) in [6.45, 7) is 8.51. The molecular formula is C20H25N5O. The van der Waals surface area contributed by atoms with Crippen molar-refractivity contribution in [2.45, 2.75) is 0 Å². The van der Waals surface area contributed by atoms with Gasteiger partial charge in [0.2, 0.25) is 0 Å². The van der Waals surface area contributed by atoms with Gasteiger partial charge in [0, 0.05) is 44.1 Å². The molecule has 3 rings (SSSR count). The molecule has 2 heterocycles. The quantitative estimate of drug-likeness (QED) is 0.784. The van der Waals surface area contributed by atoms with Crippen LogP contribution >= 0.6 is 0 Å². The maximum atomic E-state index is 12.3. The van der Waals surface area contributed by atoms with Crippen LogP contribution in [-0.4, -0.2) is 55.6 Å². The van der Waals surface area contributed by atoms with Gasteiger partial charge in [0.05, 0.1) is 11.9 Å². The zero-order valence-electron chi connectivity index (χ0n) is 15.1. The highest BCUT2D eigenvalue weighted by Gasteiger charge is 2.14. The molecule has 1 aromatic heterocycles. The minimum absolute atomic E-state index is 0.215. The lowest BCUT2D eigenvalue weighted by Crippen LogP contribution is -2.44. The molecule has 1 aliphatic rings. The Labute approximate surface area is 154 Å². The molecule has 1 fully saturated rings. The van der Waals surface area contributed by atoms with Crippen LogP contribution in [0.1, 0.15) is 10.5 Å². The molecule has 136 valence electrons. The lowest BCUT2D eigenvalue weighted by molar-refractivity contribution is 0.102. The molecule has 0 radical (unpaired) electrons. The molecule has 2 aromatic rings. The standard InChI is InChI=1S/C20H25N5O/c1-3-10-21-17-6-9-19(22-15-17)20(26)23-16-4-7-18(8-5-16)25-13-11-24(2)12-14-25/h3-9,15,21H,1,10-14H2,2H3,(H,23,26). The Morgan fingerprint density at radius 2 is 1.81 bits per heavy atom. The van der Waals surface area contributed by atoms with Crippen LogP contribution in [0.2, 0.25) is 0 Å². The van der Waals surface area contributed by atoms with E-state index in [-0.39, 0.29) is 5.91 Å². The number of benzene rings is 1. The third-order valence-electron chi connectivity index (χ3n) is 4.44. The lowest BCUT2D eigenvalue weighted by Gasteiger charge is -2.34. The fourth-order valence-electron chi connectivity index (χ4n) is 2.84. The molecule has 0 saturated carbocycles. The van der Waals surface area contributed by atoms with Crippen LogP contribution < -0.4 is 15.5 Å². The summed E-state index contributed by atoms with van der Waals surface area (Å²) in [5, 5.41) is 6.02. The Morgan fingerprint density at radius 1 is 1.12 bits per heavy atom. The fraction of sp³-hybridized carbons (Fsp3) is 0.300. The molecule has 0 unspecified atom stereocenters. The number of likely N-dealkylation sites (N-methyl/N-ethyl adjacent to an activating group) is 1. The summed E-state index contributed by atoms with van der Waals surface area (Å²) in [5.74, 6) is -0.215. The van der Waals surface area contributed by atoms with E-state index in [4.69, 9.17) is 0 Å². The Hall–Kier alpha value is -2.86. The van der Waals surface area contributed by atoms with Crippen LogP contribution in [-0.2, 0) is 0 Å². The van der Waals surface area contributed by atoms with Crippen LogP contribution in [0.5, 0.6) is 0 Å². The van der Waals surface area contributed by atoms with Crippen molar-refractivity contribution in [1.82, 2.24) is 9.88 Å². The van der Waals surface area contributed by atoms with Gasteiger partial charge in [0.1, 0.15) is 5.69 Å². The van der Waals surface area contributed by atoms with Gasteiger partial charge in [-0.2, -0.15) is 0 Å². The largest absolute Gasteiger partial charge is 0.380 e. The first kappa shape index (κ1) is 17.9. The van der Waals surface area contributed by atoms with Crippen LogP contribution in [0.3, 0.4) is 0 Å². The molecule has 0 aliphatic carbocycles. The van der Waals surface area contributed by atoms with Crippen molar-refractivity contribution in [2.75, 3.05) is 55.3 Å². The molecule has 26 heavy (non-hydrogen) atoms. The molecule has 1 aliphatic heterocycles. The number of aromatic nitrogens is 1. The average molecular weight is 351 g/mol. The predicted octanol–water partition coefficient (Wildman–Crippen LogP) is 2.68. The first-order chi connectivity index (χ1) is 12.7. The van der Waals surface area contributed by atoms with Gasteiger partial charge in [-0.1, -0.05) is 6.08 Å². The molecule has 0 spiro atoms. The van der Waals surface area contributed by atoms with Crippen molar-refractivity contribution in [3.05, 3.63) is 60.9 Å². The smallest absolute Gasteiger partial charge is 0.274 e. The zero-order chi connectivity index (χ0) is 18.4. The summed E-state index contributed by atoms with van der Waals surface area (Å²) >= 11 is 0. The van der Waals surface area contributed by atoms with E-state index in [1.54, 1.807) is 18.3 Å². The zero-order valence-corrected chi connectivity index (χ0v) is 15.1. The van der Waals surface area contributed by atoms with E-state index in [0.717, 1.165) is 37.6 Å². The number of nitrogens with zero attached hydrogens (tertiary/aromatic N) is 3. The number of carbonyl (C=O) groups is 1. The first-order valence-electron chi connectivity index (χ1n) is 8.81. The highest BCUT2D eigenvalue weighted by Crippen LogP contribution is 2.19. The van der Waals surface area contributed by atoms with E-state index >= 15 is 0 Å². The molecule has 1 aromatic carbocycles. The molecule has 0 bridgehead atoms. The summed E-state index contributed by atoms with van der Waals surface area (Å²) < 4.78 is 0. The number of hydrogen-bond acceptors (Lipinski definition) is 5. The highest BCUT2D eigenvalue weighted by atomic mass is 16.1. The SMILES string of the molecule is C=CCNc1ccc(C(=O)Nc2ccc(N3CCN(C)CC3)cc2)nc1. The van der Waals surface area contributed by atoms with Gasteiger partial charge in [0.15, 0.2) is 0 Å². The molecule has 1 amide bonds. The van der Waals surface area contributed by atoms with Gasteiger partial charge < -0.3 is 20.4 Å². The van der Waals surface area contributed by atoms with Crippen LogP contribution in [0.15, 0.2) is 55.3 Å². The van der Waals surface area contributed by atoms with Crippen molar-refractivity contribution in [1.29, 1.82) is 0 Å². The molecule has 6 heteroatoms. The number of amides is 1. The first-order valence-corrected chi connectivity index (χ1v) is 8.81. The van der Waals surface area contributed by atoms with Crippen LogP contribution in [0.4, 0.5) is 17.1 Å². The third kappa shape index (κ3) is 4.61. The van der Waals surface area contributed by atoms with E-state index in [9.17, 15) is 4.79 Å². The normalized spacial score (nSPS) is 14.7. The predicted molar refractivity (Wildman–Crippen MR) is 107 cm³/mol. The lowest BCUT2D eigenvalue weighted by atomic mass is 10.2. The highest BCUT2D eigenvalue weighted by molar-refractivity contribution is 6.03. The summed E-state index contributed by atoms with van der Waals surface area (Å²) in [7, 11) is 2.14. The summed E-state index contributed by atoms with van der Waals surface area (Å²) in [5.41, 5.74) is 3.20. The van der Waals surface area contributed by atoms with Gasteiger partial charge in [-0.3, -0.25) is 4.79 Å². The minimum atomic E-state index is -0.215. The maximum absolute atomic E-state index is 12.3. The second kappa shape index (κ2) is 8.49.